The highest BCUT2D eigenvalue weighted by Crippen LogP contribution is 2.24. The monoisotopic (exact) mass is 381 g/mol. The lowest BCUT2D eigenvalue weighted by Gasteiger charge is -2.32. The molecule has 1 aliphatic rings. The first-order valence-electron chi connectivity index (χ1n) is 6.00. The van der Waals surface area contributed by atoms with E-state index in [1.54, 1.807) is 0 Å². The summed E-state index contributed by atoms with van der Waals surface area (Å²) in [5.74, 6) is -1.41. The number of sulfonamides is 1. The number of halogens is 2. The SMILES string of the molecule is COC(=O)C1COCCN1S(=O)(=O)c1ccc(Br)c(F)c1. The molecular formula is C12H13BrFNO5S. The normalized spacial score (nSPS) is 20.2. The van der Waals surface area contributed by atoms with E-state index in [1.165, 1.54) is 19.2 Å². The molecule has 1 saturated heterocycles. The van der Waals surface area contributed by atoms with E-state index in [4.69, 9.17) is 4.74 Å². The fourth-order valence-electron chi connectivity index (χ4n) is 1.97. The molecule has 0 bridgehead atoms. The number of nitrogens with zero attached hydrogens (tertiary/aromatic N) is 1. The molecule has 9 heteroatoms. The summed E-state index contributed by atoms with van der Waals surface area (Å²) >= 11 is 2.96. The van der Waals surface area contributed by atoms with Crippen molar-refractivity contribution in [1.29, 1.82) is 0 Å². The van der Waals surface area contributed by atoms with Crippen molar-refractivity contribution in [2.24, 2.45) is 0 Å². The maximum absolute atomic E-state index is 13.6. The van der Waals surface area contributed by atoms with Gasteiger partial charge in [0.1, 0.15) is 11.9 Å². The van der Waals surface area contributed by atoms with E-state index in [0.717, 1.165) is 10.4 Å². The van der Waals surface area contributed by atoms with Gasteiger partial charge in [0.15, 0.2) is 0 Å². The van der Waals surface area contributed by atoms with Crippen molar-refractivity contribution in [3.8, 4) is 0 Å². The molecule has 0 spiro atoms. The first kappa shape index (κ1) is 16.3. The molecule has 1 fully saturated rings. The number of carbonyl (C=O) groups is 1. The Hall–Kier alpha value is -1.03. The molecule has 1 aliphatic heterocycles. The van der Waals surface area contributed by atoms with Gasteiger partial charge in [0.25, 0.3) is 0 Å². The first-order valence-corrected chi connectivity index (χ1v) is 8.23. The number of benzene rings is 1. The van der Waals surface area contributed by atoms with Gasteiger partial charge in [0, 0.05) is 6.54 Å². The van der Waals surface area contributed by atoms with Gasteiger partial charge in [-0.15, -0.1) is 0 Å². The van der Waals surface area contributed by atoms with Gasteiger partial charge < -0.3 is 9.47 Å². The van der Waals surface area contributed by atoms with E-state index in [9.17, 15) is 17.6 Å². The maximum Gasteiger partial charge on any atom is 0.326 e. The van der Waals surface area contributed by atoms with E-state index in [0.29, 0.717) is 0 Å². The second-order valence-electron chi connectivity index (χ2n) is 4.31. The Bertz CT molecular complexity index is 651. The summed E-state index contributed by atoms with van der Waals surface area (Å²) in [6.45, 7) is 0.0659. The number of morpholine rings is 1. The molecule has 6 nitrogen and oxygen atoms in total. The van der Waals surface area contributed by atoms with Gasteiger partial charge in [0.05, 0.1) is 29.7 Å². The van der Waals surface area contributed by atoms with Crippen molar-refractivity contribution in [3.05, 3.63) is 28.5 Å². The largest absolute Gasteiger partial charge is 0.468 e. The highest BCUT2D eigenvalue weighted by atomic mass is 79.9. The fourth-order valence-corrected chi connectivity index (χ4v) is 3.78. The van der Waals surface area contributed by atoms with Crippen LogP contribution >= 0.6 is 15.9 Å². The third kappa shape index (κ3) is 3.25. The Balaban J connectivity index is 2.40. The van der Waals surface area contributed by atoms with E-state index >= 15 is 0 Å². The van der Waals surface area contributed by atoms with Gasteiger partial charge in [-0.3, -0.25) is 4.79 Å². The van der Waals surface area contributed by atoms with E-state index in [2.05, 4.69) is 20.7 Å². The lowest BCUT2D eigenvalue weighted by Crippen LogP contribution is -2.52. The summed E-state index contributed by atoms with van der Waals surface area (Å²) in [7, 11) is -2.85. The molecule has 116 valence electrons. The van der Waals surface area contributed by atoms with Gasteiger partial charge in [-0.2, -0.15) is 4.31 Å². The van der Waals surface area contributed by atoms with Crippen LogP contribution in [0.2, 0.25) is 0 Å². The number of esters is 1. The summed E-state index contributed by atoms with van der Waals surface area (Å²) in [5, 5.41) is 0. The number of methoxy groups -OCH3 is 1. The second kappa shape index (κ2) is 6.39. The minimum atomic E-state index is -4.01. The average Bonchev–Trinajstić information content (AvgIpc) is 2.49. The molecular weight excluding hydrogens is 369 g/mol. The molecule has 2 rings (SSSR count). The Morgan fingerprint density at radius 2 is 2.24 bits per heavy atom. The van der Waals surface area contributed by atoms with Crippen molar-refractivity contribution in [2.75, 3.05) is 26.9 Å². The summed E-state index contributed by atoms with van der Waals surface area (Å²) in [5.41, 5.74) is 0. The molecule has 0 radical (unpaired) electrons. The molecule has 1 unspecified atom stereocenters. The Morgan fingerprint density at radius 1 is 1.52 bits per heavy atom. The lowest BCUT2D eigenvalue weighted by atomic mass is 10.3. The van der Waals surface area contributed by atoms with Crippen LogP contribution < -0.4 is 0 Å². The predicted octanol–water partition coefficient (Wildman–Crippen LogP) is 1.15. The topological polar surface area (TPSA) is 72.9 Å². The van der Waals surface area contributed by atoms with Gasteiger partial charge in [-0.05, 0) is 34.1 Å². The number of hydrogen-bond donors (Lipinski definition) is 0. The van der Waals surface area contributed by atoms with Crippen molar-refractivity contribution < 1.29 is 27.1 Å². The van der Waals surface area contributed by atoms with Gasteiger partial charge in [0.2, 0.25) is 10.0 Å². The van der Waals surface area contributed by atoms with Crippen LogP contribution in [0, 0.1) is 5.82 Å². The number of ether oxygens (including phenoxy) is 2. The Labute approximate surface area is 130 Å². The van der Waals surface area contributed by atoms with E-state index < -0.39 is 27.9 Å². The molecule has 0 aromatic heterocycles. The van der Waals surface area contributed by atoms with Crippen molar-refractivity contribution in [2.45, 2.75) is 10.9 Å². The fraction of sp³-hybridized carbons (Fsp3) is 0.417. The minimum absolute atomic E-state index is 0.000215. The van der Waals surface area contributed by atoms with Crippen molar-refractivity contribution in [1.82, 2.24) is 4.31 Å². The summed E-state index contributed by atoms with van der Waals surface area (Å²) < 4.78 is 49.5. The zero-order valence-electron chi connectivity index (χ0n) is 11.1. The quantitative estimate of drug-likeness (QED) is 0.734. The highest BCUT2D eigenvalue weighted by Gasteiger charge is 2.39. The first-order chi connectivity index (χ1) is 9.87. The summed E-state index contributed by atoms with van der Waals surface area (Å²) in [6.07, 6.45) is 0. The third-order valence-corrected chi connectivity index (χ3v) is 5.60. The number of rotatable bonds is 3. The highest BCUT2D eigenvalue weighted by molar-refractivity contribution is 9.10. The maximum atomic E-state index is 13.6. The molecule has 1 aromatic carbocycles. The van der Waals surface area contributed by atoms with Crippen LogP contribution in [0.5, 0.6) is 0 Å². The third-order valence-electron chi connectivity index (χ3n) is 3.05. The van der Waals surface area contributed by atoms with Crippen LogP contribution in [0.1, 0.15) is 0 Å². The lowest BCUT2D eigenvalue weighted by molar-refractivity contribution is -0.149. The standard InChI is InChI=1S/C12H13BrFNO5S/c1-19-12(16)11-7-20-5-4-15(11)21(17,18)8-2-3-9(13)10(14)6-8/h2-3,6,11H,4-5,7H2,1H3. The van der Waals surface area contributed by atoms with Crippen LogP contribution in [0.3, 0.4) is 0 Å². The van der Waals surface area contributed by atoms with E-state index in [-0.39, 0.29) is 29.1 Å². The predicted molar refractivity (Wildman–Crippen MR) is 74.6 cm³/mol. The average molecular weight is 382 g/mol. The Morgan fingerprint density at radius 3 is 2.86 bits per heavy atom. The van der Waals surface area contributed by atoms with E-state index in [1.807, 2.05) is 0 Å². The molecule has 21 heavy (non-hydrogen) atoms. The molecule has 1 atom stereocenters. The minimum Gasteiger partial charge on any atom is -0.468 e. The zero-order valence-corrected chi connectivity index (χ0v) is 13.5. The number of carbonyl (C=O) groups excluding carboxylic acids is 1. The molecule has 0 N–H and O–H groups in total. The van der Waals surface area contributed by atoms with Crippen LogP contribution in [-0.4, -0.2) is 51.6 Å². The zero-order chi connectivity index (χ0) is 15.6. The second-order valence-corrected chi connectivity index (χ2v) is 7.05. The van der Waals surface area contributed by atoms with Crippen LogP contribution in [0.15, 0.2) is 27.6 Å². The molecule has 0 saturated carbocycles. The van der Waals surface area contributed by atoms with Crippen LogP contribution in [0.25, 0.3) is 0 Å². The Kier molecular flexibility index (Phi) is 4.97. The summed E-state index contributed by atoms with van der Waals surface area (Å²) in [4.78, 5) is 11.5. The molecule has 0 amide bonds. The van der Waals surface area contributed by atoms with Gasteiger partial charge >= 0.3 is 5.97 Å². The molecule has 0 aliphatic carbocycles. The van der Waals surface area contributed by atoms with Crippen LogP contribution in [0.4, 0.5) is 4.39 Å². The molecule has 1 aromatic rings. The smallest absolute Gasteiger partial charge is 0.326 e. The summed E-state index contributed by atoms with van der Waals surface area (Å²) in [6, 6.07) is 2.41. The van der Waals surface area contributed by atoms with Gasteiger partial charge in [-0.1, -0.05) is 0 Å². The number of hydrogen-bond acceptors (Lipinski definition) is 5. The van der Waals surface area contributed by atoms with Crippen molar-refractivity contribution >= 4 is 31.9 Å². The van der Waals surface area contributed by atoms with Crippen molar-refractivity contribution in [3.63, 3.8) is 0 Å². The van der Waals surface area contributed by atoms with Gasteiger partial charge in [-0.25, -0.2) is 12.8 Å². The molecule has 1 heterocycles. The van der Waals surface area contributed by atoms with Crippen LogP contribution in [-0.2, 0) is 24.3 Å².